The molecule has 12 heteroatoms. The third-order valence-corrected chi connectivity index (χ3v) is 7.54. The number of fused-ring (bicyclic) bond motifs is 1. The average molecular weight is 618 g/mol. The Morgan fingerprint density at radius 2 is 1.30 bits per heavy atom. The fourth-order valence-electron chi connectivity index (χ4n) is 4.77. The molecule has 11 nitrogen and oxygen atoms in total. The fourth-order valence-corrected chi connectivity index (χ4v) is 5.03. The van der Waals surface area contributed by atoms with Gasteiger partial charge in [0.2, 0.25) is 17.7 Å². The number of phenols is 1. The third kappa shape index (κ3) is 8.62. The quantitative estimate of drug-likeness (QED) is 0.0989. The highest BCUT2D eigenvalue weighted by molar-refractivity contribution is 7.80. The Hall–Kier alpha value is -4.81. The first-order valence-corrected chi connectivity index (χ1v) is 14.6. The van der Waals surface area contributed by atoms with Crippen molar-refractivity contribution in [3.63, 3.8) is 0 Å². The number of carbonyl (C=O) groups excluding carboxylic acids is 3. The molecule has 0 saturated heterocycles. The van der Waals surface area contributed by atoms with Crippen LogP contribution in [0.5, 0.6) is 5.75 Å². The van der Waals surface area contributed by atoms with Crippen LogP contribution in [0.3, 0.4) is 0 Å². The SMILES string of the molecule is NC(Cc1c[nH]c2ccccc12)C(=O)NC(Cc1ccc(O)cc1)C(=O)NC(CS)C(=O)NC(Cc1ccccc1)C(=O)O. The van der Waals surface area contributed by atoms with Crippen molar-refractivity contribution in [1.29, 1.82) is 0 Å². The van der Waals surface area contributed by atoms with Crippen molar-refractivity contribution in [2.45, 2.75) is 43.4 Å². The van der Waals surface area contributed by atoms with Gasteiger partial charge in [-0.15, -0.1) is 0 Å². The van der Waals surface area contributed by atoms with Crippen LogP contribution in [0, 0.1) is 0 Å². The number of nitrogens with two attached hydrogens (primary N) is 1. The van der Waals surface area contributed by atoms with Crippen molar-refractivity contribution in [1.82, 2.24) is 20.9 Å². The summed E-state index contributed by atoms with van der Waals surface area (Å²) in [5, 5.41) is 28.1. The van der Waals surface area contributed by atoms with Crippen LogP contribution in [0.4, 0.5) is 0 Å². The second-order valence-corrected chi connectivity index (χ2v) is 10.8. The standard InChI is InChI=1S/C32H35N5O6S/c33-24(16-21-17-34-25-9-5-4-8-23(21)25)29(39)35-26(14-20-10-12-22(38)13-11-20)30(40)37-28(18-44)31(41)36-27(32(42)43)15-19-6-2-1-3-7-19/h1-13,17,24,26-28,34,38,44H,14-16,18,33H2,(H,35,39)(H,36,41)(H,37,40)(H,42,43). The molecule has 0 bridgehead atoms. The Labute approximate surface area is 259 Å². The number of thiol groups is 1. The molecular weight excluding hydrogens is 582 g/mol. The number of hydrogen-bond acceptors (Lipinski definition) is 7. The van der Waals surface area contributed by atoms with E-state index in [-0.39, 0.29) is 30.8 Å². The second-order valence-electron chi connectivity index (χ2n) is 10.4. The molecule has 0 saturated carbocycles. The number of phenolic OH excluding ortho intramolecular Hbond substituents is 1. The van der Waals surface area contributed by atoms with E-state index in [1.807, 2.05) is 24.3 Å². The minimum Gasteiger partial charge on any atom is -0.508 e. The van der Waals surface area contributed by atoms with Crippen LogP contribution in [0.15, 0.2) is 85.1 Å². The number of aromatic hydroxyl groups is 1. The molecule has 4 atom stereocenters. The number of amides is 3. The molecule has 1 aromatic heterocycles. The highest BCUT2D eigenvalue weighted by atomic mass is 32.1. The lowest BCUT2D eigenvalue weighted by Gasteiger charge is -2.24. The van der Waals surface area contributed by atoms with Gasteiger partial charge in [-0.05, 0) is 41.3 Å². The van der Waals surface area contributed by atoms with Crippen LogP contribution < -0.4 is 21.7 Å². The fraction of sp³-hybridized carbons (Fsp3) is 0.250. The molecule has 4 unspecified atom stereocenters. The molecule has 0 aliphatic carbocycles. The van der Waals surface area contributed by atoms with E-state index in [9.17, 15) is 29.4 Å². The normalized spacial score (nSPS) is 13.8. The smallest absolute Gasteiger partial charge is 0.326 e. The largest absolute Gasteiger partial charge is 0.508 e. The summed E-state index contributed by atoms with van der Waals surface area (Å²) in [6.45, 7) is 0. The summed E-state index contributed by atoms with van der Waals surface area (Å²) in [7, 11) is 0. The Kier molecular flexibility index (Phi) is 11.0. The zero-order valence-electron chi connectivity index (χ0n) is 23.8. The summed E-state index contributed by atoms with van der Waals surface area (Å²) in [5.74, 6) is -3.31. The molecule has 3 amide bonds. The second kappa shape index (κ2) is 15.1. The number of carboxylic acid groups (broad SMARTS) is 1. The van der Waals surface area contributed by atoms with Crippen molar-refractivity contribution in [3.8, 4) is 5.75 Å². The summed E-state index contributed by atoms with van der Waals surface area (Å²) < 4.78 is 0. The lowest BCUT2D eigenvalue weighted by molar-refractivity contribution is -0.142. The Morgan fingerprint density at radius 1 is 0.727 bits per heavy atom. The zero-order chi connectivity index (χ0) is 31.6. The van der Waals surface area contributed by atoms with Crippen molar-refractivity contribution < 1.29 is 29.4 Å². The van der Waals surface area contributed by atoms with Gasteiger partial charge in [0.25, 0.3) is 0 Å². The van der Waals surface area contributed by atoms with Crippen molar-refractivity contribution in [2.75, 3.05) is 5.75 Å². The van der Waals surface area contributed by atoms with Gasteiger partial charge in [0.15, 0.2) is 0 Å². The summed E-state index contributed by atoms with van der Waals surface area (Å²) in [6.07, 6.45) is 2.08. The number of hydrogen-bond donors (Lipinski definition) is 8. The van der Waals surface area contributed by atoms with E-state index in [1.165, 1.54) is 12.1 Å². The number of para-hydroxylation sites is 1. The van der Waals surface area contributed by atoms with E-state index in [0.717, 1.165) is 16.5 Å². The lowest BCUT2D eigenvalue weighted by Crippen LogP contribution is -2.58. The van der Waals surface area contributed by atoms with Crippen molar-refractivity contribution in [2.24, 2.45) is 5.73 Å². The highest BCUT2D eigenvalue weighted by Gasteiger charge is 2.30. The van der Waals surface area contributed by atoms with E-state index in [1.54, 1.807) is 48.7 Å². The van der Waals surface area contributed by atoms with Crippen molar-refractivity contribution >= 4 is 47.2 Å². The molecule has 0 spiro atoms. The number of rotatable bonds is 14. The van der Waals surface area contributed by atoms with Crippen LogP contribution in [-0.4, -0.2) is 68.8 Å². The van der Waals surface area contributed by atoms with Gasteiger partial charge in [0.05, 0.1) is 6.04 Å². The minimum atomic E-state index is -1.24. The molecule has 1 heterocycles. The van der Waals surface area contributed by atoms with Crippen LogP contribution in [0.2, 0.25) is 0 Å². The first kappa shape index (κ1) is 32.1. The molecule has 0 aliphatic heterocycles. The monoisotopic (exact) mass is 617 g/mol. The highest BCUT2D eigenvalue weighted by Crippen LogP contribution is 2.19. The molecular formula is C32H35N5O6S. The predicted molar refractivity (Wildman–Crippen MR) is 169 cm³/mol. The summed E-state index contributed by atoms with van der Waals surface area (Å²) in [6, 6.07) is 18.0. The molecule has 0 fully saturated rings. The van der Waals surface area contributed by atoms with Crippen LogP contribution in [-0.2, 0) is 38.4 Å². The maximum Gasteiger partial charge on any atom is 0.326 e. The Balaban J connectivity index is 1.46. The number of aliphatic carboxylic acids is 1. The van der Waals surface area contributed by atoms with Gasteiger partial charge in [0, 0.05) is 35.7 Å². The van der Waals surface area contributed by atoms with Gasteiger partial charge in [0.1, 0.15) is 23.9 Å². The van der Waals surface area contributed by atoms with E-state index in [4.69, 9.17) is 5.73 Å². The Morgan fingerprint density at radius 3 is 1.98 bits per heavy atom. The molecule has 0 aliphatic rings. The van der Waals surface area contributed by atoms with Gasteiger partial charge >= 0.3 is 5.97 Å². The number of nitrogens with one attached hydrogen (secondary N) is 4. The van der Waals surface area contributed by atoms with Gasteiger partial charge in [-0.1, -0.05) is 60.7 Å². The molecule has 8 N–H and O–H groups in total. The van der Waals surface area contributed by atoms with E-state index in [2.05, 4.69) is 33.6 Å². The molecule has 4 rings (SSSR count). The maximum absolute atomic E-state index is 13.5. The van der Waals surface area contributed by atoms with Gasteiger partial charge in [-0.25, -0.2) is 4.79 Å². The van der Waals surface area contributed by atoms with Crippen LogP contribution >= 0.6 is 12.6 Å². The minimum absolute atomic E-state index is 0.0321. The Bertz CT molecular complexity index is 1590. The van der Waals surface area contributed by atoms with E-state index < -0.39 is 47.9 Å². The molecule has 0 radical (unpaired) electrons. The topological polar surface area (TPSA) is 187 Å². The van der Waals surface area contributed by atoms with Gasteiger partial charge in [-0.3, -0.25) is 14.4 Å². The van der Waals surface area contributed by atoms with Crippen LogP contribution in [0.1, 0.15) is 16.7 Å². The predicted octanol–water partition coefficient (Wildman–Crippen LogP) is 1.70. The first-order chi connectivity index (χ1) is 21.1. The summed E-state index contributed by atoms with van der Waals surface area (Å²) in [5.41, 5.74) is 9.36. The summed E-state index contributed by atoms with van der Waals surface area (Å²) in [4.78, 5) is 54.8. The zero-order valence-corrected chi connectivity index (χ0v) is 24.7. The molecule has 3 aromatic carbocycles. The molecule has 44 heavy (non-hydrogen) atoms. The van der Waals surface area contributed by atoms with Gasteiger partial charge in [-0.2, -0.15) is 12.6 Å². The average Bonchev–Trinajstić information content (AvgIpc) is 3.43. The van der Waals surface area contributed by atoms with Gasteiger partial charge < -0.3 is 36.9 Å². The third-order valence-electron chi connectivity index (χ3n) is 7.17. The number of carboxylic acids is 1. The lowest BCUT2D eigenvalue weighted by atomic mass is 10.0. The number of aromatic nitrogens is 1. The number of aromatic amines is 1. The first-order valence-electron chi connectivity index (χ1n) is 14.0. The van der Waals surface area contributed by atoms with E-state index in [0.29, 0.717) is 11.1 Å². The van der Waals surface area contributed by atoms with Crippen molar-refractivity contribution in [3.05, 3.63) is 102 Å². The number of carbonyl (C=O) groups is 4. The number of benzene rings is 3. The van der Waals surface area contributed by atoms with Crippen LogP contribution in [0.25, 0.3) is 10.9 Å². The molecule has 4 aromatic rings. The maximum atomic E-state index is 13.5. The number of H-pyrrole nitrogens is 1. The van der Waals surface area contributed by atoms with E-state index >= 15 is 0 Å². The summed E-state index contributed by atoms with van der Waals surface area (Å²) >= 11 is 4.20. The molecule has 230 valence electrons.